The van der Waals surface area contributed by atoms with E-state index in [2.05, 4.69) is 29.3 Å². The Morgan fingerprint density at radius 3 is 2.49 bits per heavy atom. The normalized spacial score (nSPS) is 20.7. The minimum absolute atomic E-state index is 0.0235. The molecule has 0 radical (unpaired) electrons. The number of phenols is 2. The average Bonchev–Trinajstić information content (AvgIpc) is 3.41. The molecule has 5 atom stereocenters. The number of aryl methyl sites for hydroxylation is 1. The first-order valence-corrected chi connectivity index (χ1v) is 18.1. The molecule has 1 heterocycles. The number of Topliss-reactive ketones (excluding diaryl/α,β-unsaturated/α-hetero) is 1. The second kappa shape index (κ2) is 14.5. The zero-order valence-electron chi connectivity index (χ0n) is 29.5. The number of ketones is 1. The third-order valence-corrected chi connectivity index (χ3v) is 11.3. The molecule has 4 N–H and O–H groups in total. The fourth-order valence-electron chi connectivity index (χ4n) is 9.00. The summed E-state index contributed by atoms with van der Waals surface area (Å²) >= 11 is 0. The minimum atomic E-state index is -1.16. The van der Waals surface area contributed by atoms with Crippen LogP contribution in [0.3, 0.4) is 0 Å². The first kappa shape index (κ1) is 34.7. The van der Waals surface area contributed by atoms with E-state index in [4.69, 9.17) is 14.2 Å². The van der Waals surface area contributed by atoms with Gasteiger partial charge in [0.1, 0.15) is 11.9 Å². The fraction of sp³-hybridized carbons (Fsp3) is 0.429. The number of nitrogens with one attached hydrogen (secondary N) is 1. The van der Waals surface area contributed by atoms with Crippen molar-refractivity contribution in [3.8, 4) is 23.0 Å². The van der Waals surface area contributed by atoms with Gasteiger partial charge in [-0.25, -0.2) is 0 Å². The number of carbonyl (C=O) groups is 2. The lowest BCUT2D eigenvalue weighted by Crippen LogP contribution is -2.35. The highest BCUT2D eigenvalue weighted by molar-refractivity contribution is 5.95. The van der Waals surface area contributed by atoms with E-state index < -0.39 is 18.2 Å². The van der Waals surface area contributed by atoms with Crippen LogP contribution < -0.4 is 9.47 Å². The summed E-state index contributed by atoms with van der Waals surface area (Å²) < 4.78 is 16.6. The van der Waals surface area contributed by atoms with Crippen LogP contribution in [-0.2, 0) is 33.6 Å². The SMILES string of the molecule is COc1cc(CC(O)C(CC(=O)CC2c3cc(OC)c(O)c4c3C(=CC3CCCCC32)c2[nH]c3ccccc3c2CCC4)OC(C)=O)ccc1O. The highest BCUT2D eigenvalue weighted by Crippen LogP contribution is 2.54. The number of fused-ring (bicyclic) bond motifs is 5. The van der Waals surface area contributed by atoms with Gasteiger partial charge in [0.25, 0.3) is 0 Å². The van der Waals surface area contributed by atoms with E-state index in [1.54, 1.807) is 19.2 Å². The van der Waals surface area contributed by atoms with Gasteiger partial charge in [-0.1, -0.05) is 43.2 Å². The zero-order chi connectivity index (χ0) is 35.8. The summed E-state index contributed by atoms with van der Waals surface area (Å²) in [6.45, 7) is 1.28. The summed E-state index contributed by atoms with van der Waals surface area (Å²) in [6, 6.07) is 15.1. The molecule has 0 bridgehead atoms. The van der Waals surface area contributed by atoms with Gasteiger partial charge < -0.3 is 34.5 Å². The van der Waals surface area contributed by atoms with E-state index in [-0.39, 0.29) is 60.0 Å². The van der Waals surface area contributed by atoms with Crippen molar-refractivity contribution in [3.05, 3.63) is 88.1 Å². The molecule has 5 unspecified atom stereocenters. The predicted octanol–water partition coefficient (Wildman–Crippen LogP) is 7.30. The Labute approximate surface area is 298 Å². The molecule has 268 valence electrons. The van der Waals surface area contributed by atoms with Gasteiger partial charge in [0.15, 0.2) is 23.0 Å². The number of aromatic hydroxyl groups is 2. The van der Waals surface area contributed by atoms with Crippen LogP contribution >= 0.6 is 0 Å². The Morgan fingerprint density at radius 2 is 1.71 bits per heavy atom. The van der Waals surface area contributed by atoms with Crippen molar-refractivity contribution in [1.82, 2.24) is 4.98 Å². The number of esters is 1. The van der Waals surface area contributed by atoms with E-state index >= 15 is 0 Å². The average molecular weight is 694 g/mol. The van der Waals surface area contributed by atoms with E-state index in [0.717, 1.165) is 72.0 Å². The van der Waals surface area contributed by atoms with Crippen molar-refractivity contribution in [3.63, 3.8) is 0 Å². The van der Waals surface area contributed by atoms with Gasteiger partial charge in [-0.05, 0) is 96.4 Å². The number of ether oxygens (including phenoxy) is 3. The predicted molar refractivity (Wildman–Crippen MR) is 194 cm³/mol. The van der Waals surface area contributed by atoms with Gasteiger partial charge in [0.2, 0.25) is 0 Å². The Bertz CT molecular complexity index is 1990. The second-order valence-corrected chi connectivity index (χ2v) is 14.4. The fourth-order valence-corrected chi connectivity index (χ4v) is 9.00. The molecule has 1 aromatic heterocycles. The highest BCUT2D eigenvalue weighted by Gasteiger charge is 2.41. The minimum Gasteiger partial charge on any atom is -0.504 e. The number of rotatable bonds is 10. The van der Waals surface area contributed by atoms with Crippen LogP contribution in [0.15, 0.2) is 54.6 Å². The zero-order valence-corrected chi connectivity index (χ0v) is 29.5. The number of hydrogen-bond acceptors (Lipinski definition) is 8. The lowest BCUT2D eigenvalue weighted by Gasteiger charge is -2.35. The molecule has 51 heavy (non-hydrogen) atoms. The number of aromatic amines is 1. The highest BCUT2D eigenvalue weighted by atomic mass is 16.6. The maximum absolute atomic E-state index is 14.3. The van der Waals surface area contributed by atoms with Crippen molar-refractivity contribution >= 4 is 28.2 Å². The maximum Gasteiger partial charge on any atom is 0.303 e. The molecule has 3 aliphatic rings. The second-order valence-electron chi connectivity index (χ2n) is 14.4. The smallest absolute Gasteiger partial charge is 0.303 e. The van der Waals surface area contributed by atoms with E-state index in [1.165, 1.54) is 31.0 Å². The van der Waals surface area contributed by atoms with Crippen molar-refractivity contribution in [2.24, 2.45) is 11.8 Å². The van der Waals surface area contributed by atoms with Crippen LogP contribution in [0.2, 0.25) is 0 Å². The van der Waals surface area contributed by atoms with Crippen LogP contribution in [0.4, 0.5) is 0 Å². The van der Waals surface area contributed by atoms with Gasteiger partial charge in [0.05, 0.1) is 26.0 Å². The number of aliphatic hydroxyl groups is 1. The number of carbonyl (C=O) groups excluding carboxylic acids is 2. The number of benzene rings is 3. The number of phenolic OH excluding ortho intramolecular Hbond substituents is 2. The monoisotopic (exact) mass is 693 g/mol. The van der Waals surface area contributed by atoms with Crippen molar-refractivity contribution < 1.29 is 39.1 Å². The number of aromatic nitrogens is 1. The van der Waals surface area contributed by atoms with E-state index in [0.29, 0.717) is 17.7 Å². The van der Waals surface area contributed by atoms with E-state index in [9.17, 15) is 24.9 Å². The molecule has 3 aliphatic carbocycles. The molecule has 4 aromatic rings. The summed E-state index contributed by atoms with van der Waals surface area (Å²) in [5.41, 5.74) is 8.07. The molecule has 1 saturated carbocycles. The third kappa shape index (κ3) is 6.71. The summed E-state index contributed by atoms with van der Waals surface area (Å²) in [5.74, 6) is 0.332. The number of para-hydroxylation sites is 1. The number of methoxy groups -OCH3 is 2. The van der Waals surface area contributed by atoms with Crippen LogP contribution in [0, 0.1) is 11.8 Å². The number of allylic oxidation sites excluding steroid dienone is 1. The number of H-pyrrole nitrogens is 1. The van der Waals surface area contributed by atoms with Gasteiger partial charge in [-0.15, -0.1) is 0 Å². The molecule has 0 spiro atoms. The molecule has 0 saturated heterocycles. The lowest BCUT2D eigenvalue weighted by atomic mass is 9.69. The Hall–Kier alpha value is -4.76. The van der Waals surface area contributed by atoms with Gasteiger partial charge in [0, 0.05) is 48.2 Å². The topological polar surface area (TPSA) is 138 Å². The molecule has 9 nitrogen and oxygen atoms in total. The largest absolute Gasteiger partial charge is 0.504 e. The molecule has 3 aromatic carbocycles. The van der Waals surface area contributed by atoms with Gasteiger partial charge in [-0.3, -0.25) is 9.59 Å². The third-order valence-electron chi connectivity index (χ3n) is 11.3. The molecular formula is C42H47NO8. The standard InChI is InChI=1S/C42H47NO8/c1-23(44)51-38(36(47)17-24-15-16-35(46)37(18-24)49-2)21-26(45)20-31-27-10-5-4-9-25(27)19-33-40-30(42(48)39(50-3)22-32(31)40)13-8-12-29-28-11-6-7-14-34(28)43-41(29)33/h6-7,11,14-16,18-19,22,25,27,31,36,38,43,46-48H,4-5,8-10,12-13,17,20-21H2,1-3H3. The molecule has 1 fully saturated rings. The Kier molecular flexibility index (Phi) is 9.84. The molecule has 0 amide bonds. The van der Waals surface area contributed by atoms with Crippen LogP contribution in [-0.4, -0.2) is 58.5 Å². The summed E-state index contributed by atoms with van der Waals surface area (Å²) in [7, 11) is 3.01. The number of aliphatic hydroxyl groups excluding tert-OH is 1. The quantitative estimate of drug-likeness (QED) is 0.127. The van der Waals surface area contributed by atoms with Crippen molar-refractivity contribution in [2.75, 3.05) is 14.2 Å². The van der Waals surface area contributed by atoms with Crippen molar-refractivity contribution in [2.45, 2.75) is 89.3 Å². The van der Waals surface area contributed by atoms with Crippen molar-refractivity contribution in [1.29, 1.82) is 0 Å². The number of hydrogen-bond donors (Lipinski definition) is 4. The first-order chi connectivity index (χ1) is 24.7. The molecule has 0 aliphatic heterocycles. The lowest BCUT2D eigenvalue weighted by molar-refractivity contribution is -0.154. The molecular weight excluding hydrogens is 646 g/mol. The summed E-state index contributed by atoms with van der Waals surface area (Å²) in [5, 5.41) is 34.2. The van der Waals surface area contributed by atoms with Crippen LogP contribution in [0.5, 0.6) is 23.0 Å². The maximum atomic E-state index is 14.3. The summed E-state index contributed by atoms with van der Waals surface area (Å²) in [6.07, 6.45) is 6.86. The van der Waals surface area contributed by atoms with Gasteiger partial charge in [-0.2, -0.15) is 0 Å². The molecule has 7 rings (SSSR count). The Morgan fingerprint density at radius 1 is 0.941 bits per heavy atom. The first-order valence-electron chi connectivity index (χ1n) is 18.1. The van der Waals surface area contributed by atoms with E-state index in [1.807, 2.05) is 12.1 Å². The molecule has 9 heteroatoms. The Balaban J connectivity index is 1.27. The summed E-state index contributed by atoms with van der Waals surface area (Å²) in [4.78, 5) is 30.2. The van der Waals surface area contributed by atoms with Crippen LogP contribution in [0.25, 0.3) is 16.5 Å². The van der Waals surface area contributed by atoms with Gasteiger partial charge >= 0.3 is 5.97 Å². The van der Waals surface area contributed by atoms with Crippen LogP contribution in [0.1, 0.15) is 91.3 Å².